The summed E-state index contributed by atoms with van der Waals surface area (Å²) in [5.41, 5.74) is 2.97. The lowest BCUT2D eigenvalue weighted by molar-refractivity contribution is -0.116. The van der Waals surface area contributed by atoms with Gasteiger partial charge in [0.05, 0.1) is 6.61 Å². The van der Waals surface area contributed by atoms with E-state index in [1.165, 1.54) is 5.56 Å². The van der Waals surface area contributed by atoms with E-state index in [1.54, 1.807) is 0 Å². The third-order valence-corrected chi connectivity index (χ3v) is 4.23. The van der Waals surface area contributed by atoms with E-state index >= 15 is 0 Å². The minimum absolute atomic E-state index is 0.0257. The van der Waals surface area contributed by atoms with Gasteiger partial charge in [0.15, 0.2) is 0 Å². The third kappa shape index (κ3) is 5.57. The van der Waals surface area contributed by atoms with Crippen LogP contribution in [0.5, 0.6) is 5.75 Å². The second-order valence-electron chi connectivity index (χ2n) is 5.81. The van der Waals surface area contributed by atoms with Crippen molar-refractivity contribution in [2.75, 3.05) is 11.9 Å². The van der Waals surface area contributed by atoms with Gasteiger partial charge in [0.2, 0.25) is 5.91 Å². The van der Waals surface area contributed by atoms with Gasteiger partial charge in [-0.3, -0.25) is 4.79 Å². The van der Waals surface area contributed by atoms with Gasteiger partial charge in [-0.1, -0.05) is 43.1 Å². The lowest BCUT2D eigenvalue weighted by Crippen LogP contribution is -2.13. The molecule has 24 heavy (non-hydrogen) atoms. The van der Waals surface area contributed by atoms with Crippen LogP contribution in [0, 0.1) is 6.92 Å². The highest BCUT2D eigenvalue weighted by molar-refractivity contribution is 6.31. The Morgan fingerprint density at radius 1 is 1.17 bits per heavy atom. The molecule has 0 aromatic heterocycles. The summed E-state index contributed by atoms with van der Waals surface area (Å²) in [6.07, 6.45) is 3.31. The molecule has 0 aliphatic carbocycles. The van der Waals surface area contributed by atoms with Crippen LogP contribution in [-0.2, 0) is 11.2 Å². The Hall–Kier alpha value is -2.00. The Bertz CT molecular complexity index is 668. The van der Waals surface area contributed by atoms with Crippen LogP contribution in [0.3, 0.4) is 0 Å². The minimum atomic E-state index is -0.0257. The van der Waals surface area contributed by atoms with Gasteiger partial charge in [0, 0.05) is 17.1 Å². The molecule has 0 saturated carbocycles. The highest BCUT2D eigenvalue weighted by Gasteiger charge is 2.06. The molecule has 0 spiro atoms. The molecular formula is C20H24ClNO2. The fraction of sp³-hybridized carbons (Fsp3) is 0.350. The summed E-state index contributed by atoms with van der Waals surface area (Å²) in [5, 5.41) is 3.55. The number of benzene rings is 2. The highest BCUT2D eigenvalue weighted by atomic mass is 35.5. The maximum Gasteiger partial charge on any atom is 0.224 e. The third-order valence-electron chi connectivity index (χ3n) is 3.82. The maximum absolute atomic E-state index is 12.0. The second kappa shape index (κ2) is 9.33. The smallest absolute Gasteiger partial charge is 0.224 e. The zero-order valence-corrected chi connectivity index (χ0v) is 15.0. The summed E-state index contributed by atoms with van der Waals surface area (Å²) in [7, 11) is 0. The Kier molecular flexibility index (Phi) is 7.13. The number of nitrogens with one attached hydrogen (secondary N) is 1. The number of carbonyl (C=O) groups excluding carboxylic acids is 1. The van der Waals surface area contributed by atoms with Crippen LogP contribution < -0.4 is 10.1 Å². The molecule has 2 aromatic rings. The average Bonchev–Trinajstić information content (AvgIpc) is 2.58. The molecule has 0 bridgehead atoms. The molecule has 2 rings (SSSR count). The number of rotatable bonds is 8. The first-order valence-corrected chi connectivity index (χ1v) is 8.74. The Morgan fingerprint density at radius 2 is 1.92 bits per heavy atom. The van der Waals surface area contributed by atoms with Crippen molar-refractivity contribution in [2.45, 2.75) is 39.5 Å². The van der Waals surface area contributed by atoms with Crippen molar-refractivity contribution in [1.82, 2.24) is 0 Å². The van der Waals surface area contributed by atoms with Gasteiger partial charge in [-0.05, 0) is 55.2 Å². The van der Waals surface area contributed by atoms with Crippen LogP contribution in [-0.4, -0.2) is 12.5 Å². The van der Waals surface area contributed by atoms with E-state index in [0.29, 0.717) is 24.5 Å². The number of ether oxygens (including phenoxy) is 1. The second-order valence-corrected chi connectivity index (χ2v) is 6.21. The normalized spacial score (nSPS) is 10.5. The molecule has 0 saturated heterocycles. The average molecular weight is 346 g/mol. The number of hydrogen-bond donors (Lipinski definition) is 1. The standard InChI is InChI=1S/C20H24ClNO2/c1-3-6-16-10-12-17(13-11-16)24-14-5-9-20(23)22-19-8-4-7-18(21)15(19)2/h4,7-8,10-13H,3,5-6,9,14H2,1-2H3,(H,22,23). The van der Waals surface area contributed by atoms with Crippen LogP contribution >= 0.6 is 11.6 Å². The van der Waals surface area contributed by atoms with E-state index in [9.17, 15) is 4.79 Å². The molecule has 1 N–H and O–H groups in total. The van der Waals surface area contributed by atoms with Gasteiger partial charge < -0.3 is 10.1 Å². The van der Waals surface area contributed by atoms with Gasteiger partial charge in [-0.2, -0.15) is 0 Å². The molecule has 0 aliphatic rings. The summed E-state index contributed by atoms with van der Waals surface area (Å²) < 4.78 is 5.68. The topological polar surface area (TPSA) is 38.3 Å². The molecule has 0 aliphatic heterocycles. The first-order chi connectivity index (χ1) is 11.6. The molecule has 0 fully saturated rings. The zero-order chi connectivity index (χ0) is 17.4. The van der Waals surface area contributed by atoms with E-state index in [-0.39, 0.29) is 5.91 Å². The maximum atomic E-state index is 12.0. The van der Waals surface area contributed by atoms with E-state index < -0.39 is 0 Å². The van der Waals surface area contributed by atoms with Crippen molar-refractivity contribution in [1.29, 1.82) is 0 Å². The highest BCUT2D eigenvalue weighted by Crippen LogP contribution is 2.23. The van der Waals surface area contributed by atoms with Gasteiger partial charge in [0.25, 0.3) is 0 Å². The predicted molar refractivity (Wildman–Crippen MR) is 100.0 cm³/mol. The van der Waals surface area contributed by atoms with Gasteiger partial charge in [-0.15, -0.1) is 0 Å². The van der Waals surface area contributed by atoms with Crippen molar-refractivity contribution in [3.8, 4) is 5.75 Å². The molecular weight excluding hydrogens is 322 g/mol. The van der Waals surface area contributed by atoms with Crippen LogP contribution in [0.4, 0.5) is 5.69 Å². The summed E-state index contributed by atoms with van der Waals surface area (Å²) in [4.78, 5) is 12.0. The number of amides is 1. The zero-order valence-electron chi connectivity index (χ0n) is 14.3. The van der Waals surface area contributed by atoms with Gasteiger partial charge >= 0.3 is 0 Å². The molecule has 1 amide bonds. The number of halogens is 1. The monoisotopic (exact) mass is 345 g/mol. The lowest BCUT2D eigenvalue weighted by atomic mass is 10.1. The quantitative estimate of drug-likeness (QED) is 0.650. The van der Waals surface area contributed by atoms with Crippen molar-refractivity contribution >= 4 is 23.2 Å². The SMILES string of the molecule is CCCc1ccc(OCCCC(=O)Nc2cccc(Cl)c2C)cc1. The molecule has 4 heteroatoms. The molecule has 0 radical (unpaired) electrons. The van der Waals surface area contributed by atoms with E-state index in [2.05, 4.69) is 24.4 Å². The number of aryl methyl sites for hydroxylation is 1. The van der Waals surface area contributed by atoms with E-state index in [1.807, 2.05) is 37.3 Å². The first-order valence-electron chi connectivity index (χ1n) is 8.37. The van der Waals surface area contributed by atoms with Crippen molar-refractivity contribution in [2.24, 2.45) is 0 Å². The van der Waals surface area contributed by atoms with Gasteiger partial charge in [-0.25, -0.2) is 0 Å². The van der Waals surface area contributed by atoms with Crippen molar-refractivity contribution in [3.63, 3.8) is 0 Å². The number of carbonyl (C=O) groups is 1. The fourth-order valence-corrected chi connectivity index (χ4v) is 2.59. The molecule has 128 valence electrons. The number of anilines is 1. The van der Waals surface area contributed by atoms with Crippen molar-refractivity contribution in [3.05, 3.63) is 58.6 Å². The predicted octanol–water partition coefficient (Wildman–Crippen LogP) is 5.40. The van der Waals surface area contributed by atoms with Crippen LogP contribution in [0.15, 0.2) is 42.5 Å². The molecule has 3 nitrogen and oxygen atoms in total. The van der Waals surface area contributed by atoms with E-state index in [4.69, 9.17) is 16.3 Å². The Morgan fingerprint density at radius 3 is 2.62 bits per heavy atom. The molecule has 0 atom stereocenters. The Labute approximate surface area is 149 Å². The van der Waals surface area contributed by atoms with Crippen LogP contribution in [0.1, 0.15) is 37.3 Å². The first kappa shape index (κ1) is 18.3. The fourth-order valence-electron chi connectivity index (χ4n) is 2.42. The summed E-state index contributed by atoms with van der Waals surface area (Å²) in [5.74, 6) is 0.822. The largest absolute Gasteiger partial charge is 0.494 e. The Balaban J connectivity index is 1.71. The number of hydrogen-bond acceptors (Lipinski definition) is 2. The summed E-state index contributed by atoms with van der Waals surface area (Å²) >= 11 is 6.05. The van der Waals surface area contributed by atoms with Crippen molar-refractivity contribution < 1.29 is 9.53 Å². The summed E-state index contributed by atoms with van der Waals surface area (Å²) in [6, 6.07) is 13.7. The molecule has 0 unspecified atom stereocenters. The molecule has 2 aromatic carbocycles. The lowest BCUT2D eigenvalue weighted by Gasteiger charge is -2.10. The van der Waals surface area contributed by atoms with Gasteiger partial charge in [0.1, 0.15) is 5.75 Å². The van der Waals surface area contributed by atoms with E-state index in [0.717, 1.165) is 29.8 Å². The van der Waals surface area contributed by atoms with Crippen LogP contribution in [0.2, 0.25) is 5.02 Å². The van der Waals surface area contributed by atoms with Crippen LogP contribution in [0.25, 0.3) is 0 Å². The molecule has 0 heterocycles. The minimum Gasteiger partial charge on any atom is -0.494 e. The summed E-state index contributed by atoms with van der Waals surface area (Å²) in [6.45, 7) is 4.58.